The van der Waals surface area contributed by atoms with E-state index in [4.69, 9.17) is 4.74 Å². The first-order valence-corrected chi connectivity index (χ1v) is 9.22. The van der Waals surface area contributed by atoms with Crippen LogP contribution in [0.15, 0.2) is 47.6 Å². The van der Waals surface area contributed by atoms with Crippen molar-refractivity contribution in [3.8, 4) is 5.75 Å². The predicted octanol–water partition coefficient (Wildman–Crippen LogP) is 3.98. The van der Waals surface area contributed by atoms with E-state index in [9.17, 15) is 14.4 Å². The Bertz CT molecular complexity index is 961. The lowest BCUT2D eigenvalue weighted by molar-refractivity contribution is -0.127. The lowest BCUT2D eigenvalue weighted by atomic mass is 10.1. The summed E-state index contributed by atoms with van der Waals surface area (Å²) < 4.78 is 5.38. The highest BCUT2D eigenvalue weighted by Crippen LogP contribution is 2.26. The van der Waals surface area contributed by atoms with E-state index in [2.05, 4.69) is 5.10 Å². The van der Waals surface area contributed by atoms with Crippen molar-refractivity contribution in [3.05, 3.63) is 59.2 Å². The lowest BCUT2D eigenvalue weighted by Crippen LogP contribution is -2.36. The molecule has 0 spiro atoms. The number of carbonyl (C=O) groups is 3. The van der Waals surface area contributed by atoms with Crippen molar-refractivity contribution in [1.29, 1.82) is 0 Å². The van der Waals surface area contributed by atoms with E-state index < -0.39 is 5.97 Å². The highest BCUT2D eigenvalue weighted by Gasteiger charge is 2.27. The van der Waals surface area contributed by atoms with Crippen LogP contribution in [0.1, 0.15) is 47.7 Å². The Balaban J connectivity index is 1.80. The van der Waals surface area contributed by atoms with Crippen molar-refractivity contribution in [1.82, 2.24) is 0 Å². The van der Waals surface area contributed by atoms with Gasteiger partial charge in [-0.3, -0.25) is 9.59 Å². The Hall–Kier alpha value is -3.28. The fourth-order valence-electron chi connectivity index (χ4n) is 2.92. The number of esters is 1. The van der Waals surface area contributed by atoms with Gasteiger partial charge in [0, 0.05) is 24.8 Å². The van der Waals surface area contributed by atoms with E-state index >= 15 is 0 Å². The SMILES string of the molecule is CCC(=O)c1ccc(OC(=O)C2=NN(c3cc(C)ccc3C)C(=O)CC2)cc1. The number of benzene rings is 2. The van der Waals surface area contributed by atoms with Crippen LogP contribution in [0, 0.1) is 13.8 Å². The third-order valence-corrected chi connectivity index (χ3v) is 4.57. The molecule has 0 saturated heterocycles. The van der Waals surface area contributed by atoms with Gasteiger partial charge in [0.1, 0.15) is 11.5 Å². The molecule has 0 atom stereocenters. The molecule has 28 heavy (non-hydrogen) atoms. The van der Waals surface area contributed by atoms with Crippen molar-refractivity contribution < 1.29 is 19.1 Å². The van der Waals surface area contributed by atoms with E-state index in [0.29, 0.717) is 23.4 Å². The number of ether oxygens (including phenoxy) is 1. The van der Waals surface area contributed by atoms with Crippen LogP contribution in [0.5, 0.6) is 5.75 Å². The van der Waals surface area contributed by atoms with Crippen molar-refractivity contribution >= 4 is 29.1 Å². The van der Waals surface area contributed by atoms with E-state index in [0.717, 1.165) is 11.1 Å². The Morgan fingerprint density at radius 3 is 2.46 bits per heavy atom. The van der Waals surface area contributed by atoms with E-state index in [1.807, 2.05) is 32.0 Å². The summed E-state index contributed by atoms with van der Waals surface area (Å²) in [5.74, 6) is -0.405. The summed E-state index contributed by atoms with van der Waals surface area (Å²) in [6.07, 6.45) is 0.828. The van der Waals surface area contributed by atoms with Gasteiger partial charge in [-0.1, -0.05) is 19.1 Å². The summed E-state index contributed by atoms with van der Waals surface area (Å²) in [5, 5.41) is 5.55. The molecule has 144 valence electrons. The van der Waals surface area contributed by atoms with Crippen LogP contribution in [-0.4, -0.2) is 23.4 Å². The molecule has 1 heterocycles. The molecule has 6 heteroatoms. The molecule has 0 N–H and O–H groups in total. The summed E-state index contributed by atoms with van der Waals surface area (Å²) in [6, 6.07) is 12.2. The number of Topliss-reactive ketones (excluding diaryl/α,β-unsaturated/α-hetero) is 1. The second-order valence-electron chi connectivity index (χ2n) is 6.73. The molecule has 0 fully saturated rings. The third kappa shape index (κ3) is 4.17. The van der Waals surface area contributed by atoms with Gasteiger partial charge in [0.2, 0.25) is 5.91 Å². The van der Waals surface area contributed by atoms with Crippen LogP contribution in [0.4, 0.5) is 5.69 Å². The van der Waals surface area contributed by atoms with Gasteiger partial charge in [0.05, 0.1) is 5.69 Å². The molecule has 3 rings (SSSR count). The molecule has 1 aliphatic heterocycles. The molecule has 0 aromatic heterocycles. The maximum absolute atomic E-state index is 12.5. The number of ketones is 1. The van der Waals surface area contributed by atoms with Crippen molar-refractivity contribution in [3.63, 3.8) is 0 Å². The summed E-state index contributed by atoms with van der Waals surface area (Å²) >= 11 is 0. The summed E-state index contributed by atoms with van der Waals surface area (Å²) in [5.41, 5.74) is 3.32. The minimum atomic E-state index is -0.600. The molecule has 0 bridgehead atoms. The minimum Gasteiger partial charge on any atom is -0.422 e. The second kappa shape index (κ2) is 8.17. The van der Waals surface area contributed by atoms with Gasteiger partial charge in [-0.25, -0.2) is 4.79 Å². The van der Waals surface area contributed by atoms with E-state index in [1.54, 1.807) is 31.2 Å². The third-order valence-electron chi connectivity index (χ3n) is 4.57. The van der Waals surface area contributed by atoms with Crippen molar-refractivity contribution in [2.75, 3.05) is 5.01 Å². The average molecular weight is 378 g/mol. The largest absolute Gasteiger partial charge is 0.422 e. The van der Waals surface area contributed by atoms with Crippen molar-refractivity contribution in [2.24, 2.45) is 5.10 Å². The zero-order chi connectivity index (χ0) is 20.3. The zero-order valence-corrected chi connectivity index (χ0v) is 16.2. The summed E-state index contributed by atoms with van der Waals surface area (Å²) in [7, 11) is 0. The van der Waals surface area contributed by atoms with Gasteiger partial charge in [-0.05, 0) is 55.3 Å². The Labute approximate surface area is 163 Å². The summed E-state index contributed by atoms with van der Waals surface area (Å²) in [6.45, 7) is 5.62. The quantitative estimate of drug-likeness (QED) is 0.448. The molecular weight excluding hydrogens is 356 g/mol. The van der Waals surface area contributed by atoms with Crippen LogP contribution in [0.2, 0.25) is 0 Å². The predicted molar refractivity (Wildman–Crippen MR) is 107 cm³/mol. The number of carbonyl (C=O) groups excluding carboxylic acids is 3. The number of nitrogens with zero attached hydrogens (tertiary/aromatic N) is 2. The Morgan fingerprint density at radius 1 is 1.07 bits per heavy atom. The molecule has 2 aromatic rings. The van der Waals surface area contributed by atoms with Gasteiger partial charge in [-0.15, -0.1) is 0 Å². The molecule has 6 nitrogen and oxygen atoms in total. The maximum Gasteiger partial charge on any atom is 0.359 e. The van der Waals surface area contributed by atoms with E-state index in [1.165, 1.54) is 5.01 Å². The molecular formula is C22H22N2O4. The number of amides is 1. The first-order chi connectivity index (χ1) is 13.4. The molecule has 0 radical (unpaired) electrons. The number of hydrogen-bond donors (Lipinski definition) is 0. The number of hydrogen-bond acceptors (Lipinski definition) is 5. The van der Waals surface area contributed by atoms with Crippen LogP contribution in [0.3, 0.4) is 0 Å². The Morgan fingerprint density at radius 2 is 1.79 bits per heavy atom. The molecule has 0 saturated carbocycles. The van der Waals surface area contributed by atoms with Crippen molar-refractivity contribution in [2.45, 2.75) is 40.0 Å². The van der Waals surface area contributed by atoms with Crippen LogP contribution in [0.25, 0.3) is 0 Å². The first-order valence-electron chi connectivity index (χ1n) is 9.22. The molecule has 1 aliphatic rings. The fraction of sp³-hybridized carbons (Fsp3) is 0.273. The highest BCUT2D eigenvalue weighted by molar-refractivity contribution is 6.38. The molecule has 0 unspecified atom stereocenters. The first kappa shape index (κ1) is 19.5. The number of hydrazone groups is 1. The smallest absolute Gasteiger partial charge is 0.359 e. The van der Waals surface area contributed by atoms with Crippen LogP contribution in [-0.2, 0) is 9.59 Å². The van der Waals surface area contributed by atoms with Gasteiger partial charge in [-0.2, -0.15) is 10.1 Å². The molecule has 2 aromatic carbocycles. The number of anilines is 1. The topological polar surface area (TPSA) is 76.0 Å². The minimum absolute atomic E-state index is 0.0252. The normalized spacial score (nSPS) is 13.9. The van der Waals surface area contributed by atoms with Gasteiger partial charge in [0.25, 0.3) is 0 Å². The number of aryl methyl sites for hydroxylation is 2. The fourth-order valence-corrected chi connectivity index (χ4v) is 2.92. The maximum atomic E-state index is 12.5. The van der Waals surface area contributed by atoms with E-state index in [-0.39, 0.29) is 30.2 Å². The molecule has 1 amide bonds. The monoisotopic (exact) mass is 378 g/mol. The Kier molecular flexibility index (Phi) is 5.68. The highest BCUT2D eigenvalue weighted by atomic mass is 16.5. The lowest BCUT2D eigenvalue weighted by Gasteiger charge is -2.24. The summed E-state index contributed by atoms with van der Waals surface area (Å²) in [4.78, 5) is 36.6. The second-order valence-corrected chi connectivity index (χ2v) is 6.73. The van der Waals surface area contributed by atoms with Gasteiger partial charge >= 0.3 is 5.97 Å². The molecule has 0 aliphatic carbocycles. The standard InChI is InChI=1S/C22H22N2O4/c1-4-20(25)16-7-9-17(10-8-16)28-22(27)18-11-12-21(26)24(23-18)19-13-14(2)5-6-15(19)3/h5-10,13H,4,11-12H2,1-3H3. The van der Waals surface area contributed by atoms with Crippen LogP contribution < -0.4 is 9.75 Å². The van der Waals surface area contributed by atoms with Crippen LogP contribution >= 0.6 is 0 Å². The average Bonchev–Trinajstić information content (AvgIpc) is 2.70. The zero-order valence-electron chi connectivity index (χ0n) is 16.2. The van der Waals surface area contributed by atoms with Gasteiger partial charge in [0.15, 0.2) is 5.78 Å². The van der Waals surface area contributed by atoms with Gasteiger partial charge < -0.3 is 4.74 Å². The number of rotatable bonds is 5.